The molecule has 2 aliphatic rings. The molecule has 0 radical (unpaired) electrons. The van der Waals surface area contributed by atoms with E-state index in [0.29, 0.717) is 0 Å². The average molecular weight is 528 g/mol. The van der Waals surface area contributed by atoms with Crippen LogP contribution in [-0.4, -0.2) is 0 Å². The van der Waals surface area contributed by atoms with Gasteiger partial charge >= 0.3 is 0 Å². The van der Waals surface area contributed by atoms with Gasteiger partial charge in [-0.1, -0.05) is 119 Å². The molecule has 8 rings (SSSR count). The maximum Gasteiger partial charge on any atom is 0.0463 e. The lowest BCUT2D eigenvalue weighted by Gasteiger charge is -2.24. The molecule has 0 spiro atoms. The van der Waals surface area contributed by atoms with E-state index in [-0.39, 0.29) is 10.8 Å². The van der Waals surface area contributed by atoms with Gasteiger partial charge in [0.1, 0.15) is 0 Å². The van der Waals surface area contributed by atoms with Gasteiger partial charge in [-0.2, -0.15) is 0 Å². The number of anilines is 2. The van der Waals surface area contributed by atoms with E-state index in [1.165, 1.54) is 66.4 Å². The topological polar surface area (TPSA) is 12.0 Å². The zero-order valence-corrected chi connectivity index (χ0v) is 24.0. The van der Waals surface area contributed by atoms with Crippen LogP contribution in [0.3, 0.4) is 0 Å². The number of nitrogens with one attached hydrogen (secondary N) is 1. The lowest BCUT2D eigenvalue weighted by molar-refractivity contribution is 0.652. The zero-order chi connectivity index (χ0) is 27.9. The van der Waals surface area contributed by atoms with Crippen molar-refractivity contribution in [2.45, 2.75) is 38.5 Å². The SMILES string of the molecule is CC1(C)c2cc(Nc3ccccc3-c3ccccc3)ccc2-c2cc3c(cc21)-c1c(ccc2ccccc12)C3(C)C. The number of hydrogen-bond acceptors (Lipinski definition) is 1. The fourth-order valence-corrected chi connectivity index (χ4v) is 7.43. The molecule has 0 fully saturated rings. The molecule has 0 unspecified atom stereocenters. The van der Waals surface area contributed by atoms with Crippen molar-refractivity contribution in [3.8, 4) is 33.4 Å². The number of hydrogen-bond donors (Lipinski definition) is 1. The lowest BCUT2D eigenvalue weighted by Crippen LogP contribution is -2.17. The smallest absolute Gasteiger partial charge is 0.0463 e. The van der Waals surface area contributed by atoms with Crippen LogP contribution in [-0.2, 0) is 10.8 Å². The highest BCUT2D eigenvalue weighted by Crippen LogP contribution is 2.57. The predicted octanol–water partition coefficient (Wildman–Crippen LogP) is 10.9. The zero-order valence-electron chi connectivity index (χ0n) is 24.0. The summed E-state index contributed by atoms with van der Waals surface area (Å²) in [6.45, 7) is 9.54. The van der Waals surface area contributed by atoms with Crippen LogP contribution in [0.25, 0.3) is 44.2 Å². The Kier molecular flexibility index (Phi) is 4.98. The molecule has 6 aromatic rings. The largest absolute Gasteiger partial charge is 0.355 e. The van der Waals surface area contributed by atoms with Gasteiger partial charge in [-0.15, -0.1) is 0 Å². The maximum absolute atomic E-state index is 3.76. The number of benzene rings is 6. The summed E-state index contributed by atoms with van der Waals surface area (Å²) in [5, 5.41) is 6.42. The molecule has 41 heavy (non-hydrogen) atoms. The van der Waals surface area contributed by atoms with E-state index in [1.54, 1.807) is 0 Å². The Morgan fingerprint density at radius 3 is 1.98 bits per heavy atom. The molecule has 0 atom stereocenters. The quantitative estimate of drug-likeness (QED) is 0.241. The first kappa shape index (κ1) is 24.2. The van der Waals surface area contributed by atoms with Crippen molar-refractivity contribution >= 4 is 22.1 Å². The van der Waals surface area contributed by atoms with Crippen LogP contribution in [0.4, 0.5) is 11.4 Å². The Balaban J connectivity index is 1.25. The summed E-state index contributed by atoms with van der Waals surface area (Å²) in [5.74, 6) is 0. The highest BCUT2D eigenvalue weighted by Gasteiger charge is 2.42. The summed E-state index contributed by atoms with van der Waals surface area (Å²) >= 11 is 0. The van der Waals surface area contributed by atoms with Crippen molar-refractivity contribution < 1.29 is 0 Å². The fourth-order valence-electron chi connectivity index (χ4n) is 7.43. The van der Waals surface area contributed by atoms with Crippen LogP contribution >= 0.6 is 0 Å². The molecule has 6 aromatic carbocycles. The lowest BCUT2D eigenvalue weighted by atomic mass is 9.79. The van der Waals surface area contributed by atoms with Crippen molar-refractivity contribution in [2.24, 2.45) is 0 Å². The first-order chi connectivity index (χ1) is 19.8. The highest BCUT2D eigenvalue weighted by atomic mass is 14.9. The molecule has 0 saturated heterocycles. The molecule has 0 saturated carbocycles. The normalized spacial score (nSPS) is 15.2. The summed E-state index contributed by atoms with van der Waals surface area (Å²) < 4.78 is 0. The predicted molar refractivity (Wildman–Crippen MR) is 174 cm³/mol. The second kappa shape index (κ2) is 8.44. The third-order valence-electron chi connectivity index (χ3n) is 9.65. The standard InChI is InChI=1S/C40H33N/c1-39(2)33-21-18-26-14-8-9-16-29(26)38(33)32-24-35-31(23-36(32)39)30-20-19-27(22-34(30)40(35,3)4)41-37-17-11-10-15-28(37)25-12-6-5-7-13-25/h5-24,41H,1-4H3. The molecular formula is C40H33N. The molecule has 0 heterocycles. The number of rotatable bonds is 3. The van der Waals surface area contributed by atoms with E-state index in [1.807, 2.05) is 0 Å². The average Bonchev–Trinajstić information content (AvgIpc) is 3.36. The van der Waals surface area contributed by atoms with Crippen LogP contribution in [0.5, 0.6) is 0 Å². The number of para-hydroxylation sites is 1. The Bertz CT molecular complexity index is 2010. The van der Waals surface area contributed by atoms with Crippen molar-refractivity contribution in [2.75, 3.05) is 5.32 Å². The Morgan fingerprint density at radius 1 is 0.463 bits per heavy atom. The van der Waals surface area contributed by atoms with Gasteiger partial charge in [-0.25, -0.2) is 0 Å². The van der Waals surface area contributed by atoms with Gasteiger partial charge in [0.25, 0.3) is 0 Å². The molecule has 2 aliphatic carbocycles. The molecule has 0 aliphatic heterocycles. The van der Waals surface area contributed by atoms with E-state index in [4.69, 9.17) is 0 Å². The minimum absolute atomic E-state index is 0.0424. The van der Waals surface area contributed by atoms with Gasteiger partial charge in [0, 0.05) is 27.8 Å². The van der Waals surface area contributed by atoms with Crippen molar-refractivity contribution in [3.05, 3.63) is 144 Å². The minimum Gasteiger partial charge on any atom is -0.355 e. The van der Waals surface area contributed by atoms with E-state index in [2.05, 4.69) is 154 Å². The van der Waals surface area contributed by atoms with Gasteiger partial charge in [-0.3, -0.25) is 0 Å². The summed E-state index contributed by atoms with van der Waals surface area (Å²) in [7, 11) is 0. The molecule has 198 valence electrons. The summed E-state index contributed by atoms with van der Waals surface area (Å²) in [6, 6.07) is 44.6. The van der Waals surface area contributed by atoms with Crippen LogP contribution < -0.4 is 5.32 Å². The van der Waals surface area contributed by atoms with Crippen molar-refractivity contribution in [3.63, 3.8) is 0 Å². The third-order valence-corrected chi connectivity index (χ3v) is 9.65. The van der Waals surface area contributed by atoms with E-state index < -0.39 is 0 Å². The summed E-state index contributed by atoms with van der Waals surface area (Å²) in [6.07, 6.45) is 0. The van der Waals surface area contributed by atoms with Crippen LogP contribution in [0.1, 0.15) is 49.9 Å². The molecule has 0 bridgehead atoms. The monoisotopic (exact) mass is 527 g/mol. The van der Waals surface area contributed by atoms with Crippen LogP contribution in [0.15, 0.2) is 121 Å². The summed E-state index contributed by atoms with van der Waals surface area (Å²) in [5.41, 5.74) is 15.7. The highest BCUT2D eigenvalue weighted by molar-refractivity contribution is 6.03. The van der Waals surface area contributed by atoms with Gasteiger partial charge in [0.05, 0.1) is 0 Å². The van der Waals surface area contributed by atoms with E-state index >= 15 is 0 Å². The Morgan fingerprint density at radius 2 is 1.12 bits per heavy atom. The Hall–Kier alpha value is -4.62. The molecule has 1 heteroatoms. The Labute approximate surface area is 242 Å². The first-order valence-corrected chi connectivity index (χ1v) is 14.6. The second-order valence-corrected chi connectivity index (χ2v) is 12.7. The molecule has 0 amide bonds. The van der Waals surface area contributed by atoms with Gasteiger partial charge in [0.15, 0.2) is 0 Å². The molecule has 0 aromatic heterocycles. The van der Waals surface area contributed by atoms with Gasteiger partial charge in [0.2, 0.25) is 0 Å². The molecule has 1 N–H and O–H groups in total. The maximum atomic E-state index is 3.76. The third kappa shape index (κ3) is 3.42. The van der Waals surface area contributed by atoms with Gasteiger partial charge in [-0.05, 0) is 91.2 Å². The van der Waals surface area contributed by atoms with E-state index in [0.717, 1.165) is 11.4 Å². The van der Waals surface area contributed by atoms with Crippen LogP contribution in [0, 0.1) is 0 Å². The molecule has 1 nitrogen and oxygen atoms in total. The fraction of sp³-hybridized carbons (Fsp3) is 0.150. The molecular weight excluding hydrogens is 494 g/mol. The van der Waals surface area contributed by atoms with Crippen molar-refractivity contribution in [1.29, 1.82) is 0 Å². The van der Waals surface area contributed by atoms with E-state index in [9.17, 15) is 0 Å². The van der Waals surface area contributed by atoms with Crippen molar-refractivity contribution in [1.82, 2.24) is 0 Å². The second-order valence-electron chi connectivity index (χ2n) is 12.7. The minimum atomic E-state index is -0.103. The first-order valence-electron chi connectivity index (χ1n) is 14.6. The summed E-state index contributed by atoms with van der Waals surface area (Å²) in [4.78, 5) is 0. The number of fused-ring (bicyclic) bond motifs is 8. The van der Waals surface area contributed by atoms with Crippen LogP contribution in [0.2, 0.25) is 0 Å². The van der Waals surface area contributed by atoms with Gasteiger partial charge < -0.3 is 5.32 Å².